The van der Waals surface area contributed by atoms with Gasteiger partial charge < -0.3 is 19.1 Å². The van der Waals surface area contributed by atoms with Gasteiger partial charge in [-0.15, -0.1) is 0 Å². The summed E-state index contributed by atoms with van der Waals surface area (Å²) in [5.74, 6) is 1.64. The lowest BCUT2D eigenvalue weighted by atomic mass is 10.2. The number of nitrogens with one attached hydrogen (secondary N) is 1. The molecule has 5 aromatic rings. The molecule has 0 aliphatic carbocycles. The molecule has 0 atom stereocenters. The summed E-state index contributed by atoms with van der Waals surface area (Å²) in [6, 6.07) is 22.8. The molecule has 0 radical (unpaired) electrons. The van der Waals surface area contributed by atoms with E-state index >= 15 is 0 Å². The predicted octanol–water partition coefficient (Wildman–Crippen LogP) is 4.84. The summed E-state index contributed by atoms with van der Waals surface area (Å²) in [5.41, 5.74) is 6.20. The van der Waals surface area contributed by atoms with Gasteiger partial charge in [0, 0.05) is 44.3 Å². The van der Waals surface area contributed by atoms with Gasteiger partial charge in [0.15, 0.2) is 5.82 Å². The molecule has 0 spiro atoms. The molecule has 6 rings (SSSR count). The van der Waals surface area contributed by atoms with Gasteiger partial charge in [-0.2, -0.15) is 5.10 Å². The molecule has 0 amide bonds. The molecular weight excluding hydrogens is 436 g/mol. The zero-order chi connectivity index (χ0) is 23.8. The number of ether oxygens (including phenoxy) is 1. The number of likely N-dealkylation sites (N-methyl/N-ethyl adjacent to an activating group) is 1. The SMILES string of the molecule is CCN1CCN(c2ccc3nc(-c4n[nH]c5c(OCc6ccccc6)cccc45)n(C)c3c2)CC1. The molecule has 0 saturated carbocycles. The zero-order valence-corrected chi connectivity index (χ0v) is 20.2. The van der Waals surface area contributed by atoms with Crippen molar-refractivity contribution in [3.8, 4) is 17.3 Å². The maximum absolute atomic E-state index is 6.13. The minimum absolute atomic E-state index is 0.510. The highest BCUT2D eigenvalue weighted by Gasteiger charge is 2.20. The number of aromatic nitrogens is 4. The molecule has 3 heterocycles. The summed E-state index contributed by atoms with van der Waals surface area (Å²) < 4.78 is 8.28. The van der Waals surface area contributed by atoms with Crippen LogP contribution in [-0.2, 0) is 13.7 Å². The average molecular weight is 467 g/mol. The van der Waals surface area contributed by atoms with Crippen LogP contribution in [0, 0.1) is 0 Å². The summed E-state index contributed by atoms with van der Waals surface area (Å²) >= 11 is 0. The van der Waals surface area contributed by atoms with E-state index in [9.17, 15) is 0 Å². The molecule has 1 aliphatic rings. The Morgan fingerprint density at radius 3 is 2.57 bits per heavy atom. The van der Waals surface area contributed by atoms with Gasteiger partial charge in [0.2, 0.25) is 0 Å². The Balaban J connectivity index is 1.31. The van der Waals surface area contributed by atoms with Gasteiger partial charge in [-0.05, 0) is 36.4 Å². The first-order chi connectivity index (χ1) is 17.2. The number of fused-ring (bicyclic) bond motifs is 2. The number of aryl methyl sites for hydroxylation is 1. The summed E-state index contributed by atoms with van der Waals surface area (Å²) in [4.78, 5) is 9.92. The molecule has 1 fully saturated rings. The van der Waals surface area contributed by atoms with Gasteiger partial charge in [-0.1, -0.05) is 49.4 Å². The van der Waals surface area contributed by atoms with E-state index in [2.05, 4.69) is 74.9 Å². The average Bonchev–Trinajstić information content (AvgIpc) is 3.49. The molecule has 178 valence electrons. The van der Waals surface area contributed by atoms with Crippen molar-refractivity contribution in [2.45, 2.75) is 13.5 Å². The fourth-order valence-corrected chi connectivity index (χ4v) is 4.95. The smallest absolute Gasteiger partial charge is 0.162 e. The Hall–Kier alpha value is -3.84. The van der Waals surface area contributed by atoms with Crippen molar-refractivity contribution in [2.75, 3.05) is 37.6 Å². The molecule has 1 N–H and O–H groups in total. The van der Waals surface area contributed by atoms with Crippen molar-refractivity contribution in [1.29, 1.82) is 0 Å². The van der Waals surface area contributed by atoms with Crippen LogP contribution >= 0.6 is 0 Å². The van der Waals surface area contributed by atoms with Gasteiger partial charge in [0.25, 0.3) is 0 Å². The van der Waals surface area contributed by atoms with E-state index in [1.165, 1.54) is 5.69 Å². The van der Waals surface area contributed by atoms with Crippen LogP contribution in [0.5, 0.6) is 5.75 Å². The Morgan fingerprint density at radius 2 is 1.77 bits per heavy atom. The number of nitrogens with zero attached hydrogens (tertiary/aromatic N) is 5. The first-order valence-electron chi connectivity index (χ1n) is 12.3. The molecule has 7 nitrogen and oxygen atoms in total. The second-order valence-corrected chi connectivity index (χ2v) is 9.11. The number of hydrogen-bond acceptors (Lipinski definition) is 5. The van der Waals surface area contributed by atoms with E-state index in [4.69, 9.17) is 9.72 Å². The molecule has 1 aliphatic heterocycles. The van der Waals surface area contributed by atoms with Crippen molar-refractivity contribution in [3.63, 3.8) is 0 Å². The van der Waals surface area contributed by atoms with E-state index in [1.807, 2.05) is 30.3 Å². The third-order valence-corrected chi connectivity index (χ3v) is 7.06. The summed E-state index contributed by atoms with van der Waals surface area (Å²) in [6.07, 6.45) is 0. The van der Waals surface area contributed by atoms with Crippen LogP contribution in [0.1, 0.15) is 12.5 Å². The van der Waals surface area contributed by atoms with Crippen LogP contribution in [0.25, 0.3) is 33.5 Å². The van der Waals surface area contributed by atoms with Gasteiger partial charge >= 0.3 is 0 Å². The number of hydrogen-bond donors (Lipinski definition) is 1. The lowest BCUT2D eigenvalue weighted by molar-refractivity contribution is 0.271. The minimum Gasteiger partial charge on any atom is -0.487 e. The molecule has 0 bridgehead atoms. The van der Waals surface area contributed by atoms with Gasteiger partial charge in [0.1, 0.15) is 23.6 Å². The van der Waals surface area contributed by atoms with Crippen LogP contribution < -0.4 is 9.64 Å². The summed E-state index contributed by atoms with van der Waals surface area (Å²) in [7, 11) is 2.07. The molecule has 0 unspecified atom stereocenters. The van der Waals surface area contributed by atoms with E-state index in [1.54, 1.807) is 0 Å². The molecule has 1 saturated heterocycles. The van der Waals surface area contributed by atoms with E-state index in [-0.39, 0.29) is 0 Å². The maximum Gasteiger partial charge on any atom is 0.162 e. The second-order valence-electron chi connectivity index (χ2n) is 9.11. The van der Waals surface area contributed by atoms with Gasteiger partial charge in [-0.25, -0.2) is 4.98 Å². The first kappa shape index (κ1) is 21.7. The number of piperazine rings is 1. The number of rotatable bonds is 6. The maximum atomic E-state index is 6.13. The van der Waals surface area contributed by atoms with E-state index in [0.29, 0.717) is 6.61 Å². The number of para-hydroxylation sites is 1. The molecule has 35 heavy (non-hydrogen) atoms. The van der Waals surface area contributed by atoms with Gasteiger partial charge in [0.05, 0.1) is 11.0 Å². The highest BCUT2D eigenvalue weighted by atomic mass is 16.5. The Kier molecular flexibility index (Phi) is 5.62. The molecule has 7 heteroatoms. The topological polar surface area (TPSA) is 62.2 Å². The van der Waals surface area contributed by atoms with Crippen molar-refractivity contribution in [1.82, 2.24) is 24.6 Å². The first-order valence-corrected chi connectivity index (χ1v) is 12.3. The number of anilines is 1. The van der Waals surface area contributed by atoms with Crippen molar-refractivity contribution in [3.05, 3.63) is 72.3 Å². The lowest BCUT2D eigenvalue weighted by Gasteiger charge is -2.35. The van der Waals surface area contributed by atoms with Crippen molar-refractivity contribution < 1.29 is 4.74 Å². The molecule has 2 aromatic heterocycles. The monoisotopic (exact) mass is 466 g/mol. The van der Waals surface area contributed by atoms with Crippen LogP contribution in [0.4, 0.5) is 5.69 Å². The zero-order valence-electron chi connectivity index (χ0n) is 20.2. The fraction of sp³-hybridized carbons (Fsp3) is 0.286. The van der Waals surface area contributed by atoms with E-state index in [0.717, 1.165) is 77.5 Å². The Morgan fingerprint density at radius 1 is 0.943 bits per heavy atom. The molecular formula is C28H30N6O. The lowest BCUT2D eigenvalue weighted by Crippen LogP contribution is -2.46. The van der Waals surface area contributed by atoms with Gasteiger partial charge in [-0.3, -0.25) is 5.10 Å². The highest BCUT2D eigenvalue weighted by molar-refractivity contribution is 5.96. The minimum atomic E-state index is 0.510. The third-order valence-electron chi connectivity index (χ3n) is 7.06. The van der Waals surface area contributed by atoms with E-state index < -0.39 is 0 Å². The largest absolute Gasteiger partial charge is 0.487 e. The highest BCUT2D eigenvalue weighted by Crippen LogP contribution is 2.33. The summed E-state index contributed by atoms with van der Waals surface area (Å²) in [6.45, 7) is 8.19. The van der Waals surface area contributed by atoms with Crippen molar-refractivity contribution >= 4 is 27.6 Å². The third kappa shape index (κ3) is 4.02. The van der Waals surface area contributed by atoms with Crippen LogP contribution in [0.2, 0.25) is 0 Å². The predicted molar refractivity (Wildman–Crippen MR) is 141 cm³/mol. The number of benzene rings is 3. The van der Waals surface area contributed by atoms with Crippen LogP contribution in [0.3, 0.4) is 0 Å². The normalized spacial score (nSPS) is 14.7. The summed E-state index contributed by atoms with van der Waals surface area (Å²) in [5, 5.41) is 8.86. The standard InChI is InChI=1S/C28H30N6O/c1-3-33-14-16-34(17-15-33)21-12-13-23-24(18-21)32(2)28(29-23)27-22-10-7-11-25(26(22)30-31-27)35-19-20-8-5-4-6-9-20/h4-13,18H,3,14-17,19H2,1-2H3,(H,30,31). The Bertz CT molecular complexity index is 1460. The number of imidazole rings is 1. The fourth-order valence-electron chi connectivity index (χ4n) is 4.95. The van der Waals surface area contributed by atoms with Crippen molar-refractivity contribution in [2.24, 2.45) is 7.05 Å². The molecule has 3 aromatic carbocycles. The second kappa shape index (κ2) is 9.07. The van der Waals surface area contributed by atoms with Crippen LogP contribution in [0.15, 0.2) is 66.7 Å². The Labute approximate surface area is 204 Å². The number of H-pyrrole nitrogens is 1. The van der Waals surface area contributed by atoms with Crippen LogP contribution in [-0.4, -0.2) is 57.4 Å². The quantitative estimate of drug-likeness (QED) is 0.388. The number of aromatic amines is 1.